The number of aromatic nitrogens is 1. The van der Waals surface area contributed by atoms with E-state index in [4.69, 9.17) is 12.2 Å². The molecule has 4 heteroatoms. The first-order valence-electron chi connectivity index (χ1n) is 5.70. The van der Waals surface area contributed by atoms with Crippen molar-refractivity contribution in [2.45, 2.75) is 13.8 Å². The van der Waals surface area contributed by atoms with Gasteiger partial charge in [-0.1, -0.05) is 12.1 Å². The lowest BCUT2D eigenvalue weighted by atomic mass is 10.1. The normalized spacial score (nSPS) is 9.89. The molecule has 0 amide bonds. The Labute approximate surface area is 112 Å². The van der Waals surface area contributed by atoms with Gasteiger partial charge in [0.25, 0.3) is 0 Å². The predicted molar refractivity (Wildman–Crippen MR) is 80.0 cm³/mol. The van der Waals surface area contributed by atoms with Gasteiger partial charge in [0.15, 0.2) is 5.11 Å². The van der Waals surface area contributed by atoms with Gasteiger partial charge in [-0.05, 0) is 55.4 Å². The fraction of sp³-hybridized carbons (Fsp3) is 0.143. The van der Waals surface area contributed by atoms with Crippen LogP contribution in [0.3, 0.4) is 0 Å². The molecule has 0 fully saturated rings. The largest absolute Gasteiger partial charge is 0.332 e. The van der Waals surface area contributed by atoms with Crippen LogP contribution < -0.4 is 10.6 Å². The Morgan fingerprint density at radius 2 is 1.78 bits per heavy atom. The van der Waals surface area contributed by atoms with E-state index in [1.54, 1.807) is 12.4 Å². The molecule has 18 heavy (non-hydrogen) atoms. The second-order valence-electron chi connectivity index (χ2n) is 4.13. The molecule has 1 aromatic heterocycles. The maximum absolute atomic E-state index is 5.28. The van der Waals surface area contributed by atoms with Crippen LogP contribution >= 0.6 is 12.2 Å². The van der Waals surface area contributed by atoms with Crippen molar-refractivity contribution in [1.29, 1.82) is 0 Å². The summed E-state index contributed by atoms with van der Waals surface area (Å²) in [7, 11) is 0. The van der Waals surface area contributed by atoms with Gasteiger partial charge in [-0.3, -0.25) is 4.98 Å². The van der Waals surface area contributed by atoms with E-state index in [0.29, 0.717) is 5.11 Å². The molecule has 0 aliphatic heterocycles. The highest BCUT2D eigenvalue weighted by molar-refractivity contribution is 7.80. The molecular weight excluding hydrogens is 242 g/mol. The molecule has 0 aliphatic rings. The fourth-order valence-electron chi connectivity index (χ4n) is 1.59. The van der Waals surface area contributed by atoms with Crippen LogP contribution in [0.2, 0.25) is 0 Å². The second-order valence-corrected chi connectivity index (χ2v) is 4.54. The quantitative estimate of drug-likeness (QED) is 0.807. The standard InChI is InChI=1S/C14H15N3S/c1-10-3-4-11(2)13(9-10)17-14(18)16-12-5-7-15-8-6-12/h3-9H,1-2H3,(H2,15,16,17,18). The first-order chi connectivity index (χ1) is 8.65. The van der Waals surface area contributed by atoms with Crippen LogP contribution in [0.15, 0.2) is 42.7 Å². The van der Waals surface area contributed by atoms with Crippen molar-refractivity contribution in [2.24, 2.45) is 0 Å². The van der Waals surface area contributed by atoms with Gasteiger partial charge >= 0.3 is 0 Å². The second kappa shape index (κ2) is 5.60. The Hall–Kier alpha value is -1.94. The highest BCUT2D eigenvalue weighted by Gasteiger charge is 2.01. The van der Waals surface area contributed by atoms with E-state index in [1.165, 1.54) is 11.1 Å². The van der Waals surface area contributed by atoms with E-state index in [9.17, 15) is 0 Å². The number of pyridine rings is 1. The lowest BCUT2D eigenvalue weighted by Gasteiger charge is -2.13. The number of hydrogen-bond acceptors (Lipinski definition) is 2. The first kappa shape index (κ1) is 12.5. The van der Waals surface area contributed by atoms with Gasteiger partial charge in [0.1, 0.15) is 0 Å². The molecule has 0 radical (unpaired) electrons. The van der Waals surface area contributed by atoms with Gasteiger partial charge < -0.3 is 10.6 Å². The molecule has 1 aromatic carbocycles. The third kappa shape index (κ3) is 3.28. The molecule has 1 heterocycles. The number of aryl methyl sites for hydroxylation is 2. The molecule has 0 saturated carbocycles. The number of rotatable bonds is 2. The van der Waals surface area contributed by atoms with Crippen molar-refractivity contribution < 1.29 is 0 Å². The summed E-state index contributed by atoms with van der Waals surface area (Å²) >= 11 is 5.28. The van der Waals surface area contributed by atoms with E-state index in [-0.39, 0.29) is 0 Å². The van der Waals surface area contributed by atoms with E-state index < -0.39 is 0 Å². The lowest BCUT2D eigenvalue weighted by Crippen LogP contribution is -2.19. The summed E-state index contributed by atoms with van der Waals surface area (Å²) in [6.45, 7) is 4.11. The Balaban J connectivity index is 2.05. The lowest BCUT2D eigenvalue weighted by molar-refractivity contribution is 1.33. The molecule has 0 saturated heterocycles. The number of anilines is 2. The van der Waals surface area contributed by atoms with E-state index in [0.717, 1.165) is 11.4 Å². The highest BCUT2D eigenvalue weighted by Crippen LogP contribution is 2.16. The van der Waals surface area contributed by atoms with Crippen molar-refractivity contribution in [3.05, 3.63) is 53.9 Å². The molecule has 3 nitrogen and oxygen atoms in total. The Morgan fingerprint density at radius 1 is 1.06 bits per heavy atom. The average molecular weight is 257 g/mol. The first-order valence-corrected chi connectivity index (χ1v) is 6.11. The number of thiocarbonyl (C=S) groups is 1. The predicted octanol–water partition coefficient (Wildman–Crippen LogP) is 3.51. The van der Waals surface area contributed by atoms with Crippen LogP contribution in [0.4, 0.5) is 11.4 Å². The summed E-state index contributed by atoms with van der Waals surface area (Å²) in [5, 5.41) is 6.90. The number of nitrogens with one attached hydrogen (secondary N) is 2. The van der Waals surface area contributed by atoms with E-state index >= 15 is 0 Å². The molecule has 0 spiro atoms. The SMILES string of the molecule is Cc1ccc(C)c(NC(=S)Nc2ccncc2)c1. The highest BCUT2D eigenvalue weighted by atomic mass is 32.1. The maximum Gasteiger partial charge on any atom is 0.175 e. The minimum Gasteiger partial charge on any atom is -0.332 e. The Bertz CT molecular complexity index is 552. The topological polar surface area (TPSA) is 37.0 Å². The third-order valence-corrected chi connectivity index (χ3v) is 2.78. The Morgan fingerprint density at radius 3 is 2.50 bits per heavy atom. The maximum atomic E-state index is 5.28. The number of hydrogen-bond donors (Lipinski definition) is 2. The van der Waals surface area contributed by atoms with Gasteiger partial charge in [0.2, 0.25) is 0 Å². The zero-order valence-electron chi connectivity index (χ0n) is 10.4. The van der Waals surface area contributed by atoms with Gasteiger partial charge in [-0.15, -0.1) is 0 Å². The molecule has 0 bridgehead atoms. The van der Waals surface area contributed by atoms with Crippen molar-refractivity contribution in [3.63, 3.8) is 0 Å². The summed E-state index contributed by atoms with van der Waals surface area (Å²) in [4.78, 5) is 3.96. The van der Waals surface area contributed by atoms with Crippen molar-refractivity contribution in [3.8, 4) is 0 Å². The van der Waals surface area contributed by atoms with Crippen LogP contribution in [-0.4, -0.2) is 10.1 Å². The molecular formula is C14H15N3S. The van der Waals surface area contributed by atoms with Crippen molar-refractivity contribution in [2.75, 3.05) is 10.6 Å². The van der Waals surface area contributed by atoms with E-state index in [2.05, 4.69) is 47.7 Å². The fourth-order valence-corrected chi connectivity index (χ4v) is 1.82. The third-order valence-electron chi connectivity index (χ3n) is 2.58. The van der Waals surface area contributed by atoms with Crippen molar-refractivity contribution in [1.82, 2.24) is 4.98 Å². The van der Waals surface area contributed by atoms with Crippen LogP contribution in [0.1, 0.15) is 11.1 Å². The number of nitrogens with zero attached hydrogens (tertiary/aromatic N) is 1. The molecule has 92 valence electrons. The summed E-state index contributed by atoms with van der Waals surface area (Å²) in [6.07, 6.45) is 3.45. The Kier molecular flexibility index (Phi) is 3.89. The van der Waals surface area contributed by atoms with Crippen LogP contribution in [0, 0.1) is 13.8 Å². The summed E-state index contributed by atoms with van der Waals surface area (Å²) in [5.41, 5.74) is 4.32. The molecule has 2 aromatic rings. The van der Waals surface area contributed by atoms with Crippen LogP contribution in [-0.2, 0) is 0 Å². The van der Waals surface area contributed by atoms with Crippen molar-refractivity contribution >= 4 is 28.7 Å². The molecule has 0 unspecified atom stereocenters. The summed E-state index contributed by atoms with van der Waals surface area (Å²) < 4.78 is 0. The monoisotopic (exact) mass is 257 g/mol. The molecule has 0 aliphatic carbocycles. The zero-order chi connectivity index (χ0) is 13.0. The summed E-state index contributed by atoms with van der Waals surface area (Å²) in [5.74, 6) is 0. The van der Waals surface area contributed by atoms with Gasteiger partial charge in [-0.2, -0.15) is 0 Å². The average Bonchev–Trinajstić information content (AvgIpc) is 2.35. The minimum atomic E-state index is 0.579. The molecule has 0 atom stereocenters. The molecule has 2 rings (SSSR count). The molecule has 2 N–H and O–H groups in total. The summed E-state index contributed by atoms with van der Waals surface area (Å²) in [6, 6.07) is 9.98. The minimum absolute atomic E-state index is 0.579. The smallest absolute Gasteiger partial charge is 0.175 e. The van der Waals surface area contributed by atoms with E-state index in [1.807, 2.05) is 12.1 Å². The van der Waals surface area contributed by atoms with Gasteiger partial charge in [0.05, 0.1) is 0 Å². The van der Waals surface area contributed by atoms with Crippen LogP contribution in [0.5, 0.6) is 0 Å². The zero-order valence-corrected chi connectivity index (χ0v) is 11.2. The number of benzene rings is 1. The van der Waals surface area contributed by atoms with Gasteiger partial charge in [0, 0.05) is 23.8 Å². The van der Waals surface area contributed by atoms with Gasteiger partial charge in [-0.25, -0.2) is 0 Å². The van der Waals surface area contributed by atoms with Crippen LogP contribution in [0.25, 0.3) is 0 Å².